The predicted molar refractivity (Wildman–Crippen MR) is 68.6 cm³/mol. The van der Waals surface area contributed by atoms with E-state index in [1.54, 1.807) is 11.8 Å². The van der Waals surface area contributed by atoms with Gasteiger partial charge in [-0.25, -0.2) is 11.5 Å². The van der Waals surface area contributed by atoms with Crippen molar-refractivity contribution in [2.24, 2.45) is 0 Å². The van der Waals surface area contributed by atoms with Gasteiger partial charge in [0.2, 0.25) is 7.26 Å². The van der Waals surface area contributed by atoms with Crippen LogP contribution >= 0.6 is 23.2 Å². The summed E-state index contributed by atoms with van der Waals surface area (Å²) in [6.45, 7) is 0. The van der Waals surface area contributed by atoms with Crippen molar-refractivity contribution < 1.29 is 0 Å². The van der Waals surface area contributed by atoms with Gasteiger partial charge in [-0.1, -0.05) is 48.2 Å². The summed E-state index contributed by atoms with van der Waals surface area (Å²) in [5, 5.41) is 0. The summed E-state index contributed by atoms with van der Waals surface area (Å²) in [5.41, 5.74) is 0. The lowest BCUT2D eigenvalue weighted by Gasteiger charge is -1.99. The zero-order chi connectivity index (χ0) is 10.9. The Morgan fingerprint density at radius 2 is 1.00 bits per heavy atom. The molecule has 0 aliphatic heterocycles. The van der Waals surface area contributed by atoms with Gasteiger partial charge in [-0.2, -0.15) is 0 Å². The van der Waals surface area contributed by atoms with Crippen LogP contribution in [0.1, 0.15) is 0 Å². The summed E-state index contributed by atoms with van der Waals surface area (Å²) >= 11 is 5.93. The standard InChI is InChI=1S/C12H10S.BCl/c1-3-7-11(8-4-1)13-12-9-5-2-6-10-12;1-2/h1-10H;. The molecule has 0 bridgehead atoms. The highest BCUT2D eigenvalue weighted by Gasteiger charge is 1.93. The van der Waals surface area contributed by atoms with Crippen molar-refractivity contribution in [1.82, 2.24) is 0 Å². The first-order valence-corrected chi connectivity index (χ1v) is 5.70. The maximum atomic E-state index is 4.14. The normalized spacial score (nSPS) is 8.87. The van der Waals surface area contributed by atoms with Gasteiger partial charge < -0.3 is 0 Å². The monoisotopic (exact) mass is 232 g/mol. The molecule has 3 heteroatoms. The van der Waals surface area contributed by atoms with Gasteiger partial charge >= 0.3 is 0 Å². The molecule has 0 aromatic heterocycles. The summed E-state index contributed by atoms with van der Waals surface area (Å²) < 4.78 is 0. The first kappa shape index (κ1) is 12.2. The predicted octanol–water partition coefficient (Wildman–Crippen LogP) is 4.15. The van der Waals surface area contributed by atoms with Crippen molar-refractivity contribution in [2.45, 2.75) is 9.79 Å². The number of hydrogen-bond donors (Lipinski definition) is 0. The number of rotatable bonds is 2. The Morgan fingerprint density at radius 3 is 1.33 bits per heavy atom. The van der Waals surface area contributed by atoms with Crippen LogP contribution < -0.4 is 0 Å². The van der Waals surface area contributed by atoms with E-state index in [-0.39, 0.29) is 0 Å². The molecule has 0 amide bonds. The third-order valence-electron chi connectivity index (χ3n) is 1.72. The van der Waals surface area contributed by atoms with Gasteiger partial charge in [0.1, 0.15) is 0 Å². The van der Waals surface area contributed by atoms with E-state index < -0.39 is 0 Å². The van der Waals surface area contributed by atoms with Gasteiger partial charge in [0.05, 0.1) is 0 Å². The van der Waals surface area contributed by atoms with Crippen molar-refractivity contribution >= 4 is 30.5 Å². The Hall–Kier alpha value is -0.855. The van der Waals surface area contributed by atoms with E-state index in [2.05, 4.69) is 67.3 Å². The zero-order valence-corrected chi connectivity index (χ0v) is 9.71. The fourth-order valence-electron chi connectivity index (χ4n) is 1.11. The van der Waals surface area contributed by atoms with Crippen molar-refractivity contribution in [3.8, 4) is 0 Å². The van der Waals surface area contributed by atoms with E-state index in [9.17, 15) is 0 Å². The highest BCUT2D eigenvalue weighted by atomic mass is 35.5. The summed E-state index contributed by atoms with van der Waals surface area (Å²) in [4.78, 5) is 2.57. The first-order chi connectivity index (χ1) is 7.45. The van der Waals surface area contributed by atoms with E-state index in [0.717, 1.165) is 0 Å². The largest absolute Gasteiger partial charge is 0.214 e. The third kappa shape index (κ3) is 4.45. The molecule has 2 rings (SSSR count). The maximum Gasteiger partial charge on any atom is 0.214 e. The molecule has 0 nitrogen and oxygen atoms in total. The quantitative estimate of drug-likeness (QED) is 0.701. The molecule has 2 aromatic carbocycles. The van der Waals surface area contributed by atoms with E-state index >= 15 is 0 Å². The van der Waals surface area contributed by atoms with Crippen LogP contribution in [0, 0.1) is 0 Å². The Morgan fingerprint density at radius 1 is 0.667 bits per heavy atom. The summed E-state index contributed by atoms with van der Waals surface area (Å²) in [7, 11) is 3.97. The number of hydrogen-bond acceptors (Lipinski definition) is 1. The second-order valence-corrected chi connectivity index (χ2v) is 3.88. The van der Waals surface area contributed by atoms with Gasteiger partial charge in [0, 0.05) is 9.79 Å². The lowest BCUT2D eigenvalue weighted by Crippen LogP contribution is -1.70. The molecule has 0 saturated carbocycles. The molecule has 0 N–H and O–H groups in total. The van der Waals surface area contributed by atoms with Crippen molar-refractivity contribution in [2.75, 3.05) is 0 Å². The van der Waals surface area contributed by atoms with E-state index in [1.165, 1.54) is 9.79 Å². The smallest absolute Gasteiger partial charge is 0.214 e. The SMILES string of the molecule is [B]Cl.c1ccc(Sc2ccccc2)cc1. The number of benzene rings is 2. The van der Waals surface area contributed by atoms with Crippen LogP contribution in [0.25, 0.3) is 0 Å². The second kappa shape index (κ2) is 7.44. The minimum absolute atomic E-state index is 1.29. The first-order valence-electron chi connectivity index (χ1n) is 4.45. The Bertz CT molecular complexity index is 326. The molecule has 0 heterocycles. The lowest BCUT2D eigenvalue weighted by atomic mass is 10.4. The summed E-state index contributed by atoms with van der Waals surface area (Å²) in [6, 6.07) is 20.8. The minimum atomic E-state index is 1.29. The van der Waals surface area contributed by atoms with Crippen molar-refractivity contribution in [1.29, 1.82) is 0 Å². The average Bonchev–Trinajstić information content (AvgIpc) is 2.34. The molecule has 0 aliphatic carbocycles. The van der Waals surface area contributed by atoms with Crippen LogP contribution in [0.3, 0.4) is 0 Å². The molecule has 0 fully saturated rings. The maximum absolute atomic E-state index is 4.14. The molecular weight excluding hydrogens is 222 g/mol. The molecule has 0 spiro atoms. The van der Waals surface area contributed by atoms with Gasteiger partial charge in [-0.05, 0) is 24.3 Å². The van der Waals surface area contributed by atoms with Crippen LogP contribution in [0.4, 0.5) is 0 Å². The fourth-order valence-corrected chi connectivity index (χ4v) is 1.97. The van der Waals surface area contributed by atoms with Crippen LogP contribution in [0.5, 0.6) is 0 Å². The topological polar surface area (TPSA) is 0 Å². The fraction of sp³-hybridized carbons (Fsp3) is 0. The highest BCUT2D eigenvalue weighted by Crippen LogP contribution is 2.26. The lowest BCUT2D eigenvalue weighted by molar-refractivity contribution is 1.41. The molecule has 2 radical (unpaired) electrons. The highest BCUT2D eigenvalue weighted by molar-refractivity contribution is 7.99. The molecule has 0 saturated heterocycles. The second-order valence-electron chi connectivity index (χ2n) is 2.73. The Labute approximate surface area is 101 Å². The number of halogens is 1. The van der Waals surface area contributed by atoms with Crippen LogP contribution in [0.2, 0.25) is 0 Å². The summed E-state index contributed by atoms with van der Waals surface area (Å²) in [6.07, 6.45) is 0. The molecule has 2 aromatic rings. The molecule has 74 valence electrons. The van der Waals surface area contributed by atoms with E-state index in [4.69, 9.17) is 0 Å². The Balaban J connectivity index is 0.000000531. The van der Waals surface area contributed by atoms with Gasteiger partial charge in [-0.3, -0.25) is 0 Å². The van der Waals surface area contributed by atoms with Crippen LogP contribution in [-0.2, 0) is 0 Å². The molecule has 0 aliphatic rings. The summed E-state index contributed by atoms with van der Waals surface area (Å²) in [5.74, 6) is 0. The van der Waals surface area contributed by atoms with Crippen LogP contribution in [0.15, 0.2) is 70.5 Å². The zero-order valence-electron chi connectivity index (χ0n) is 8.14. The third-order valence-corrected chi connectivity index (χ3v) is 2.74. The molecule has 15 heavy (non-hydrogen) atoms. The van der Waals surface area contributed by atoms with Gasteiger partial charge in [0.15, 0.2) is 0 Å². The molecule has 0 atom stereocenters. The molecular formula is C12H10BClS. The van der Waals surface area contributed by atoms with Crippen LogP contribution in [-0.4, -0.2) is 7.26 Å². The van der Waals surface area contributed by atoms with Crippen molar-refractivity contribution in [3.05, 3.63) is 60.7 Å². The van der Waals surface area contributed by atoms with E-state index in [0.29, 0.717) is 0 Å². The Kier molecular flexibility index (Phi) is 6.06. The van der Waals surface area contributed by atoms with Gasteiger partial charge in [0.25, 0.3) is 0 Å². The van der Waals surface area contributed by atoms with E-state index in [1.807, 2.05) is 12.1 Å². The minimum Gasteiger partial charge on any atom is -0.214 e. The van der Waals surface area contributed by atoms with Gasteiger partial charge in [-0.15, -0.1) is 0 Å². The van der Waals surface area contributed by atoms with Crippen molar-refractivity contribution in [3.63, 3.8) is 0 Å². The molecule has 0 unspecified atom stereocenters. The average molecular weight is 233 g/mol.